The topological polar surface area (TPSA) is 70.6 Å². The lowest BCUT2D eigenvalue weighted by Crippen LogP contribution is -2.32. The Bertz CT molecular complexity index is 761. The Balaban J connectivity index is 1.92. The van der Waals surface area contributed by atoms with Gasteiger partial charge < -0.3 is 5.32 Å². The summed E-state index contributed by atoms with van der Waals surface area (Å²) in [6.45, 7) is 0. The van der Waals surface area contributed by atoms with E-state index in [0.29, 0.717) is 26.3 Å². The van der Waals surface area contributed by atoms with Gasteiger partial charge in [0.25, 0.3) is 0 Å². The number of carbonyl (C=O) groups is 2. The zero-order chi connectivity index (χ0) is 16.8. The largest absolute Gasteiger partial charge is 0.329 e. The van der Waals surface area contributed by atoms with Gasteiger partial charge in [-0.2, -0.15) is 5.10 Å². The van der Waals surface area contributed by atoms with Gasteiger partial charge in [-0.3, -0.25) is 9.59 Å². The van der Waals surface area contributed by atoms with Gasteiger partial charge in [0, 0.05) is 21.3 Å². The third kappa shape index (κ3) is 5.25. The summed E-state index contributed by atoms with van der Waals surface area (Å²) in [6, 6.07) is 11.1. The molecular weight excluding hydrogens is 361 g/mol. The molecular formula is C15H10Cl3N3O2. The number of nitrogens with one attached hydrogen (secondary N) is 2. The van der Waals surface area contributed by atoms with Crippen LogP contribution in [0.2, 0.25) is 15.1 Å². The van der Waals surface area contributed by atoms with E-state index in [1.54, 1.807) is 42.5 Å². The molecule has 0 aliphatic rings. The van der Waals surface area contributed by atoms with E-state index in [0.717, 1.165) is 0 Å². The highest BCUT2D eigenvalue weighted by molar-refractivity contribution is 6.40. The monoisotopic (exact) mass is 369 g/mol. The number of anilines is 1. The average molecular weight is 371 g/mol. The van der Waals surface area contributed by atoms with E-state index in [9.17, 15) is 9.59 Å². The number of carbonyl (C=O) groups excluding carboxylic acids is 2. The number of hydrazone groups is 1. The van der Waals surface area contributed by atoms with Gasteiger partial charge in [-0.1, -0.05) is 40.9 Å². The van der Waals surface area contributed by atoms with Crippen molar-refractivity contribution in [1.82, 2.24) is 5.43 Å². The molecule has 0 unspecified atom stereocenters. The molecule has 0 spiro atoms. The first-order valence-electron chi connectivity index (χ1n) is 6.31. The summed E-state index contributed by atoms with van der Waals surface area (Å²) in [5, 5.41) is 7.47. The van der Waals surface area contributed by atoms with Gasteiger partial charge in [-0.25, -0.2) is 5.43 Å². The van der Waals surface area contributed by atoms with Crippen molar-refractivity contribution in [2.45, 2.75) is 0 Å². The molecule has 118 valence electrons. The second kappa shape index (κ2) is 7.97. The van der Waals surface area contributed by atoms with Crippen LogP contribution in [0.3, 0.4) is 0 Å². The van der Waals surface area contributed by atoms with E-state index in [1.165, 1.54) is 6.21 Å². The lowest BCUT2D eigenvalue weighted by Gasteiger charge is -2.04. The predicted molar refractivity (Wildman–Crippen MR) is 92.3 cm³/mol. The third-order valence-corrected chi connectivity index (χ3v) is 3.45. The number of amides is 2. The summed E-state index contributed by atoms with van der Waals surface area (Å²) >= 11 is 17.4. The fourth-order valence-electron chi connectivity index (χ4n) is 1.54. The first-order valence-corrected chi connectivity index (χ1v) is 7.44. The van der Waals surface area contributed by atoms with Crippen LogP contribution in [0.1, 0.15) is 5.56 Å². The van der Waals surface area contributed by atoms with Gasteiger partial charge in [0.15, 0.2) is 0 Å². The molecule has 0 aliphatic heterocycles. The Morgan fingerprint density at radius 2 is 1.57 bits per heavy atom. The average Bonchev–Trinajstić information content (AvgIpc) is 2.51. The highest BCUT2D eigenvalue weighted by atomic mass is 35.5. The van der Waals surface area contributed by atoms with E-state index in [-0.39, 0.29) is 0 Å². The van der Waals surface area contributed by atoms with E-state index in [2.05, 4.69) is 15.8 Å². The standard InChI is InChI=1S/C15H10Cl3N3O2/c16-10-3-5-12(6-4-10)20-14(22)15(23)21-19-8-9-1-2-11(17)7-13(9)18/h1-8H,(H,20,22)(H,21,23). The lowest BCUT2D eigenvalue weighted by molar-refractivity contribution is -0.136. The predicted octanol–water partition coefficient (Wildman–Crippen LogP) is 3.74. The zero-order valence-corrected chi connectivity index (χ0v) is 13.8. The highest BCUT2D eigenvalue weighted by Gasteiger charge is 2.12. The first kappa shape index (κ1) is 17.3. The van der Waals surface area contributed by atoms with Crippen molar-refractivity contribution < 1.29 is 9.59 Å². The van der Waals surface area contributed by atoms with Crippen molar-refractivity contribution in [3.63, 3.8) is 0 Å². The Morgan fingerprint density at radius 1 is 0.913 bits per heavy atom. The van der Waals surface area contributed by atoms with Crippen molar-refractivity contribution in [2.75, 3.05) is 5.32 Å². The van der Waals surface area contributed by atoms with Crippen LogP contribution < -0.4 is 10.7 Å². The molecule has 2 aromatic carbocycles. The van der Waals surface area contributed by atoms with Crippen LogP contribution in [-0.4, -0.2) is 18.0 Å². The molecule has 2 N–H and O–H groups in total. The summed E-state index contributed by atoms with van der Waals surface area (Å²) in [7, 11) is 0. The Morgan fingerprint density at radius 3 is 2.22 bits per heavy atom. The molecule has 2 aromatic rings. The van der Waals surface area contributed by atoms with Crippen LogP contribution in [0.5, 0.6) is 0 Å². The van der Waals surface area contributed by atoms with Crippen molar-refractivity contribution in [3.05, 3.63) is 63.1 Å². The molecule has 0 heterocycles. The first-order chi connectivity index (χ1) is 11.0. The van der Waals surface area contributed by atoms with Crippen molar-refractivity contribution >= 4 is 58.5 Å². The van der Waals surface area contributed by atoms with Crippen molar-refractivity contribution in [2.24, 2.45) is 5.10 Å². The van der Waals surface area contributed by atoms with Crippen LogP contribution >= 0.6 is 34.8 Å². The van der Waals surface area contributed by atoms with E-state index in [1.807, 2.05) is 0 Å². The number of nitrogens with zero attached hydrogens (tertiary/aromatic N) is 1. The molecule has 0 atom stereocenters. The lowest BCUT2D eigenvalue weighted by atomic mass is 10.2. The highest BCUT2D eigenvalue weighted by Crippen LogP contribution is 2.19. The van der Waals surface area contributed by atoms with Crippen LogP contribution in [0.15, 0.2) is 47.6 Å². The van der Waals surface area contributed by atoms with Crippen LogP contribution in [0.25, 0.3) is 0 Å². The normalized spacial score (nSPS) is 10.6. The number of hydrogen-bond donors (Lipinski definition) is 2. The molecule has 2 amide bonds. The smallest absolute Gasteiger partial charge is 0.318 e. The van der Waals surface area contributed by atoms with E-state index in [4.69, 9.17) is 34.8 Å². The Labute approximate surface area is 147 Å². The fourth-order valence-corrected chi connectivity index (χ4v) is 2.12. The quantitative estimate of drug-likeness (QED) is 0.491. The molecule has 0 fully saturated rings. The van der Waals surface area contributed by atoms with Crippen LogP contribution in [0, 0.1) is 0 Å². The SMILES string of the molecule is O=C(NN=Cc1ccc(Cl)cc1Cl)C(=O)Nc1ccc(Cl)cc1. The molecule has 0 bridgehead atoms. The minimum atomic E-state index is -0.915. The number of rotatable bonds is 3. The molecule has 8 heteroatoms. The molecule has 2 rings (SSSR count). The van der Waals surface area contributed by atoms with Crippen LogP contribution in [0.4, 0.5) is 5.69 Å². The van der Waals surface area contributed by atoms with E-state index >= 15 is 0 Å². The molecule has 0 saturated heterocycles. The molecule has 0 radical (unpaired) electrons. The maximum atomic E-state index is 11.7. The van der Waals surface area contributed by atoms with Gasteiger partial charge in [0.2, 0.25) is 0 Å². The van der Waals surface area contributed by atoms with E-state index < -0.39 is 11.8 Å². The minimum absolute atomic E-state index is 0.376. The summed E-state index contributed by atoms with van der Waals surface area (Å²) in [5.41, 5.74) is 3.10. The molecule has 0 saturated carbocycles. The summed E-state index contributed by atoms with van der Waals surface area (Å²) in [4.78, 5) is 23.3. The molecule has 0 aromatic heterocycles. The van der Waals surface area contributed by atoms with Crippen molar-refractivity contribution in [3.8, 4) is 0 Å². The molecule has 0 aliphatic carbocycles. The fraction of sp³-hybridized carbons (Fsp3) is 0. The Hall–Kier alpha value is -2.08. The molecule has 5 nitrogen and oxygen atoms in total. The number of hydrogen-bond acceptors (Lipinski definition) is 3. The van der Waals surface area contributed by atoms with Gasteiger partial charge >= 0.3 is 11.8 Å². The van der Waals surface area contributed by atoms with Crippen LogP contribution in [-0.2, 0) is 9.59 Å². The van der Waals surface area contributed by atoms with Crippen molar-refractivity contribution in [1.29, 1.82) is 0 Å². The summed E-state index contributed by atoms with van der Waals surface area (Å²) < 4.78 is 0. The maximum Gasteiger partial charge on any atom is 0.329 e. The second-order valence-electron chi connectivity index (χ2n) is 4.33. The Kier molecular flexibility index (Phi) is 5.98. The summed E-state index contributed by atoms with van der Waals surface area (Å²) in [5.74, 6) is -1.77. The van der Waals surface area contributed by atoms with Gasteiger partial charge in [0.05, 0.1) is 11.2 Å². The third-order valence-electron chi connectivity index (χ3n) is 2.64. The second-order valence-corrected chi connectivity index (χ2v) is 5.61. The van der Waals surface area contributed by atoms with Gasteiger partial charge in [-0.15, -0.1) is 0 Å². The van der Waals surface area contributed by atoms with Gasteiger partial charge in [0.1, 0.15) is 0 Å². The summed E-state index contributed by atoms with van der Waals surface area (Å²) in [6.07, 6.45) is 1.31. The number of benzene rings is 2. The zero-order valence-electron chi connectivity index (χ0n) is 11.5. The van der Waals surface area contributed by atoms with Gasteiger partial charge in [-0.05, 0) is 36.4 Å². The maximum absolute atomic E-state index is 11.7. The number of halogens is 3. The molecule has 23 heavy (non-hydrogen) atoms. The minimum Gasteiger partial charge on any atom is -0.318 e.